The Kier molecular flexibility index (Phi) is 8.09. The molecule has 0 amide bonds. The molecule has 0 aromatic heterocycles. The van der Waals surface area contributed by atoms with Crippen molar-refractivity contribution in [3.63, 3.8) is 0 Å². The SMILES string of the molecule is CC(C1C(=O)CC(=O)C1C(C)P(c1ccccc1)c1ccccc1)P(c1ccccc1)c1ccccc1. The lowest BCUT2D eigenvalue weighted by molar-refractivity contribution is -0.122. The molecule has 1 aliphatic rings. The van der Waals surface area contributed by atoms with E-state index < -0.39 is 15.8 Å². The van der Waals surface area contributed by atoms with E-state index in [1.54, 1.807) is 0 Å². The molecule has 2 nitrogen and oxygen atoms in total. The fraction of sp³-hybridized carbons (Fsp3) is 0.212. The highest BCUT2D eigenvalue weighted by Crippen LogP contribution is 2.53. The Bertz CT molecular complexity index is 1140. The van der Waals surface area contributed by atoms with E-state index in [9.17, 15) is 9.59 Å². The number of Topliss-reactive ketones (excluding diaryl/α,β-unsaturated/α-hetero) is 2. The Morgan fingerprint density at radius 3 is 0.973 bits per heavy atom. The van der Waals surface area contributed by atoms with Crippen LogP contribution in [0.1, 0.15) is 20.3 Å². The molecule has 0 N–H and O–H groups in total. The molecule has 0 spiro atoms. The van der Waals surface area contributed by atoms with Crippen LogP contribution in [0.25, 0.3) is 0 Å². The van der Waals surface area contributed by atoms with E-state index in [1.165, 1.54) is 21.2 Å². The summed E-state index contributed by atoms with van der Waals surface area (Å²) in [7, 11) is -1.63. The third kappa shape index (κ3) is 5.38. The van der Waals surface area contributed by atoms with Gasteiger partial charge >= 0.3 is 0 Å². The van der Waals surface area contributed by atoms with E-state index in [4.69, 9.17) is 0 Å². The Morgan fingerprint density at radius 1 is 0.486 bits per heavy atom. The van der Waals surface area contributed by atoms with Crippen LogP contribution < -0.4 is 21.2 Å². The predicted molar refractivity (Wildman–Crippen MR) is 159 cm³/mol. The molecule has 4 aromatic rings. The Balaban J connectivity index is 1.57. The van der Waals surface area contributed by atoms with E-state index in [0.29, 0.717) is 0 Å². The summed E-state index contributed by atoms with van der Waals surface area (Å²) in [5, 5.41) is 5.01. The maximum absolute atomic E-state index is 13.6. The maximum Gasteiger partial charge on any atom is 0.144 e. The number of hydrogen-bond acceptors (Lipinski definition) is 2. The molecule has 0 bridgehead atoms. The van der Waals surface area contributed by atoms with Crippen molar-refractivity contribution in [1.82, 2.24) is 0 Å². The molecule has 0 heterocycles. The zero-order chi connectivity index (χ0) is 25.8. The lowest BCUT2D eigenvalue weighted by Gasteiger charge is -2.37. The quantitative estimate of drug-likeness (QED) is 0.216. The molecule has 186 valence electrons. The minimum absolute atomic E-state index is 0.0506. The summed E-state index contributed by atoms with van der Waals surface area (Å²) in [6.07, 6.45) is 0.0590. The van der Waals surface area contributed by atoms with Crippen LogP contribution in [0.15, 0.2) is 121 Å². The number of rotatable bonds is 8. The van der Waals surface area contributed by atoms with Gasteiger partial charge in [0.2, 0.25) is 0 Å². The van der Waals surface area contributed by atoms with Crippen molar-refractivity contribution in [2.24, 2.45) is 11.8 Å². The summed E-state index contributed by atoms with van der Waals surface area (Å²) in [6.45, 7) is 4.42. The average molecular weight is 523 g/mol. The predicted octanol–water partition coefficient (Wildman–Crippen LogP) is 5.80. The van der Waals surface area contributed by atoms with Crippen molar-refractivity contribution in [3.8, 4) is 0 Å². The van der Waals surface area contributed by atoms with Gasteiger partial charge in [-0.3, -0.25) is 9.59 Å². The van der Waals surface area contributed by atoms with Gasteiger partial charge in [-0.15, -0.1) is 0 Å². The summed E-state index contributed by atoms with van der Waals surface area (Å²) in [5.41, 5.74) is 0.101. The second-order valence-corrected chi connectivity index (χ2v) is 14.9. The maximum atomic E-state index is 13.6. The van der Waals surface area contributed by atoms with Gasteiger partial charge in [-0.05, 0) is 48.4 Å². The summed E-state index contributed by atoms with van der Waals surface area (Å²) in [5.74, 6) is -0.340. The Hall–Kier alpha value is -2.92. The summed E-state index contributed by atoms with van der Waals surface area (Å²) < 4.78 is 0. The number of hydrogen-bond donors (Lipinski definition) is 0. The van der Waals surface area contributed by atoms with Crippen molar-refractivity contribution < 1.29 is 9.59 Å². The lowest BCUT2D eigenvalue weighted by Crippen LogP contribution is -2.38. The minimum Gasteiger partial charge on any atom is -0.299 e. The van der Waals surface area contributed by atoms with Gasteiger partial charge < -0.3 is 0 Å². The Labute approximate surface area is 222 Å². The van der Waals surface area contributed by atoms with Crippen LogP contribution in [-0.4, -0.2) is 22.9 Å². The van der Waals surface area contributed by atoms with Crippen LogP contribution in [0.4, 0.5) is 0 Å². The number of carbonyl (C=O) groups is 2. The van der Waals surface area contributed by atoms with E-state index in [2.05, 4.69) is 111 Å². The molecular formula is C33H32O2P2. The van der Waals surface area contributed by atoms with Crippen LogP contribution in [0.5, 0.6) is 0 Å². The first-order chi connectivity index (χ1) is 18.1. The molecule has 1 aliphatic carbocycles. The van der Waals surface area contributed by atoms with Gasteiger partial charge in [0.25, 0.3) is 0 Å². The molecule has 4 heteroatoms. The van der Waals surface area contributed by atoms with E-state index in [-0.39, 0.29) is 41.1 Å². The molecule has 4 unspecified atom stereocenters. The van der Waals surface area contributed by atoms with Crippen LogP contribution >= 0.6 is 15.8 Å². The first-order valence-corrected chi connectivity index (χ1v) is 15.7. The highest BCUT2D eigenvalue weighted by atomic mass is 31.1. The monoisotopic (exact) mass is 522 g/mol. The molecule has 1 saturated carbocycles. The molecular weight excluding hydrogens is 490 g/mol. The summed E-state index contributed by atoms with van der Waals surface area (Å²) in [4.78, 5) is 27.2. The van der Waals surface area contributed by atoms with E-state index in [1.807, 2.05) is 24.3 Å². The van der Waals surface area contributed by atoms with E-state index in [0.717, 1.165) is 0 Å². The van der Waals surface area contributed by atoms with Crippen LogP contribution in [0, 0.1) is 11.8 Å². The van der Waals surface area contributed by atoms with Crippen molar-refractivity contribution in [1.29, 1.82) is 0 Å². The standard InChI is InChI=1S/C33H32O2P2/c1-24(36(26-15-7-3-8-16-26)27-17-9-4-10-18-27)32-30(34)23-31(35)33(32)25(2)37(28-19-11-5-12-20-28)29-21-13-6-14-22-29/h3-22,24-25,32-33H,23H2,1-2H3. The molecule has 5 rings (SSSR count). The van der Waals surface area contributed by atoms with Gasteiger partial charge in [-0.25, -0.2) is 0 Å². The van der Waals surface area contributed by atoms with Crippen molar-refractivity contribution in [2.75, 3.05) is 0 Å². The topological polar surface area (TPSA) is 34.1 Å². The highest BCUT2D eigenvalue weighted by molar-refractivity contribution is 7.74. The van der Waals surface area contributed by atoms with Crippen molar-refractivity contribution in [3.05, 3.63) is 121 Å². The molecule has 1 fully saturated rings. The fourth-order valence-corrected chi connectivity index (χ4v) is 11.7. The minimum atomic E-state index is -0.814. The van der Waals surface area contributed by atoms with Crippen LogP contribution in [0.3, 0.4) is 0 Å². The molecule has 0 saturated heterocycles. The second-order valence-electron chi connectivity index (χ2n) is 9.72. The first kappa shape index (κ1) is 25.7. The normalized spacial score (nSPS) is 19.4. The second kappa shape index (κ2) is 11.6. The number of carbonyl (C=O) groups excluding carboxylic acids is 2. The van der Waals surface area contributed by atoms with Gasteiger partial charge in [-0.1, -0.05) is 135 Å². The van der Waals surface area contributed by atoms with Crippen LogP contribution in [0.2, 0.25) is 0 Å². The van der Waals surface area contributed by atoms with E-state index >= 15 is 0 Å². The van der Waals surface area contributed by atoms with Gasteiger partial charge in [0, 0.05) is 11.8 Å². The molecule has 0 aliphatic heterocycles. The highest BCUT2D eigenvalue weighted by Gasteiger charge is 2.50. The fourth-order valence-electron chi connectivity index (χ4n) is 5.86. The zero-order valence-electron chi connectivity index (χ0n) is 21.3. The van der Waals surface area contributed by atoms with Crippen molar-refractivity contribution >= 4 is 48.6 Å². The summed E-state index contributed by atoms with van der Waals surface area (Å²) in [6, 6.07) is 42.2. The van der Waals surface area contributed by atoms with Gasteiger partial charge in [0.15, 0.2) is 0 Å². The van der Waals surface area contributed by atoms with Gasteiger partial charge in [0.1, 0.15) is 11.6 Å². The number of ketones is 2. The van der Waals surface area contributed by atoms with Gasteiger partial charge in [0.05, 0.1) is 6.42 Å². The first-order valence-electron chi connectivity index (χ1n) is 12.9. The number of benzene rings is 4. The third-order valence-electron chi connectivity index (χ3n) is 7.47. The molecule has 0 radical (unpaired) electrons. The third-order valence-corrected chi connectivity index (χ3v) is 13.2. The van der Waals surface area contributed by atoms with Crippen molar-refractivity contribution in [2.45, 2.75) is 31.6 Å². The molecule has 4 atom stereocenters. The largest absolute Gasteiger partial charge is 0.299 e. The smallest absolute Gasteiger partial charge is 0.144 e. The van der Waals surface area contributed by atoms with Crippen LogP contribution in [-0.2, 0) is 9.59 Å². The molecule has 37 heavy (non-hydrogen) atoms. The lowest BCUT2D eigenvalue weighted by atomic mass is 9.89. The summed E-state index contributed by atoms with van der Waals surface area (Å²) >= 11 is 0. The van der Waals surface area contributed by atoms with Gasteiger partial charge in [-0.2, -0.15) is 0 Å². The Morgan fingerprint density at radius 2 is 0.730 bits per heavy atom. The average Bonchev–Trinajstić information content (AvgIpc) is 3.24. The zero-order valence-corrected chi connectivity index (χ0v) is 23.1. The molecule has 4 aromatic carbocycles.